The maximum atomic E-state index is 9.92. The number of hydrogen-bond donors (Lipinski definition) is 0. The van der Waals surface area contributed by atoms with Gasteiger partial charge < -0.3 is 4.90 Å². The van der Waals surface area contributed by atoms with Crippen LogP contribution in [0.15, 0.2) is 54.6 Å². The normalized spacial score (nSPS) is 14.9. The van der Waals surface area contributed by atoms with Crippen LogP contribution in [0.1, 0.15) is 42.0 Å². The quantitative estimate of drug-likeness (QED) is 0.436. The van der Waals surface area contributed by atoms with Gasteiger partial charge in [-0.1, -0.05) is 49.4 Å². The number of rotatable bonds is 4. The zero-order valence-corrected chi connectivity index (χ0v) is 18.3. The minimum atomic E-state index is 0.704. The third kappa shape index (κ3) is 3.35. The van der Waals surface area contributed by atoms with Crippen molar-refractivity contribution in [3.05, 3.63) is 76.9 Å². The molecule has 1 fully saturated rings. The Hall–Kier alpha value is -3.32. The van der Waals surface area contributed by atoms with Gasteiger partial charge in [-0.25, -0.2) is 4.98 Å². The van der Waals surface area contributed by atoms with Crippen LogP contribution in [0.4, 0.5) is 5.82 Å². The first-order chi connectivity index (χ1) is 15.2. The molecule has 1 aliphatic rings. The highest BCUT2D eigenvalue weighted by Crippen LogP contribution is 2.35. The fraction of sp³-hybridized carbons (Fsp3) is 0.333. The van der Waals surface area contributed by atoms with E-state index in [1.165, 1.54) is 29.8 Å². The molecule has 31 heavy (non-hydrogen) atoms. The summed E-state index contributed by atoms with van der Waals surface area (Å²) in [6.07, 6.45) is 4.43. The van der Waals surface area contributed by atoms with Crippen LogP contribution in [0.2, 0.25) is 0 Å². The second kappa shape index (κ2) is 8.07. The maximum Gasteiger partial charge on any atom is 0.157 e. The van der Waals surface area contributed by atoms with Crippen LogP contribution in [0.5, 0.6) is 0 Å². The Morgan fingerprint density at radius 3 is 2.45 bits per heavy atom. The van der Waals surface area contributed by atoms with Crippen LogP contribution in [0.25, 0.3) is 16.7 Å². The van der Waals surface area contributed by atoms with E-state index in [4.69, 9.17) is 4.98 Å². The summed E-state index contributed by atoms with van der Waals surface area (Å²) in [6, 6.07) is 21.5. The number of para-hydroxylation sites is 2. The molecule has 2 aromatic carbocycles. The number of imidazole rings is 1. The van der Waals surface area contributed by atoms with Crippen LogP contribution in [0.3, 0.4) is 0 Å². The smallest absolute Gasteiger partial charge is 0.157 e. The van der Waals surface area contributed by atoms with Gasteiger partial charge in [-0.3, -0.25) is 4.40 Å². The fourth-order valence-corrected chi connectivity index (χ4v) is 5.22. The molecule has 0 amide bonds. The van der Waals surface area contributed by atoms with E-state index in [-0.39, 0.29) is 0 Å². The van der Waals surface area contributed by atoms with Crippen molar-refractivity contribution in [1.29, 1.82) is 5.26 Å². The molecule has 4 nitrogen and oxygen atoms in total. The summed E-state index contributed by atoms with van der Waals surface area (Å²) in [7, 11) is 0. The second-order valence-electron chi connectivity index (χ2n) is 8.65. The minimum Gasteiger partial charge on any atom is -0.357 e. The van der Waals surface area contributed by atoms with E-state index >= 15 is 0 Å². The number of nitriles is 1. The van der Waals surface area contributed by atoms with E-state index in [0.717, 1.165) is 54.1 Å². The number of benzene rings is 2. The van der Waals surface area contributed by atoms with Gasteiger partial charge in [0.2, 0.25) is 0 Å². The van der Waals surface area contributed by atoms with E-state index in [1.54, 1.807) is 0 Å². The largest absolute Gasteiger partial charge is 0.357 e. The van der Waals surface area contributed by atoms with E-state index in [0.29, 0.717) is 5.56 Å². The molecule has 3 heterocycles. The molecule has 0 bridgehead atoms. The lowest BCUT2D eigenvalue weighted by Gasteiger charge is -2.36. The number of anilines is 1. The van der Waals surface area contributed by atoms with Gasteiger partial charge in [0.05, 0.1) is 16.6 Å². The van der Waals surface area contributed by atoms with Crippen molar-refractivity contribution in [2.45, 2.75) is 39.5 Å². The first-order valence-corrected chi connectivity index (χ1v) is 11.3. The zero-order valence-electron chi connectivity index (χ0n) is 18.3. The summed E-state index contributed by atoms with van der Waals surface area (Å²) in [5.74, 6) is 1.96. The molecule has 1 saturated heterocycles. The van der Waals surface area contributed by atoms with Crippen LogP contribution >= 0.6 is 0 Å². The molecule has 4 heteroatoms. The van der Waals surface area contributed by atoms with Crippen molar-refractivity contribution >= 4 is 22.5 Å². The molecule has 0 atom stereocenters. The molecule has 0 unspecified atom stereocenters. The molecule has 1 aliphatic heterocycles. The average Bonchev–Trinajstić information content (AvgIpc) is 3.18. The van der Waals surface area contributed by atoms with Gasteiger partial charge in [-0.2, -0.15) is 5.26 Å². The molecule has 0 spiro atoms. The minimum absolute atomic E-state index is 0.704. The number of nitrogens with zero attached hydrogens (tertiary/aromatic N) is 4. The predicted molar refractivity (Wildman–Crippen MR) is 127 cm³/mol. The molecule has 0 saturated carbocycles. The number of aromatic nitrogens is 2. The van der Waals surface area contributed by atoms with Gasteiger partial charge in [-0.15, -0.1) is 0 Å². The number of hydrogen-bond acceptors (Lipinski definition) is 3. The Bertz CT molecular complexity index is 1270. The van der Waals surface area contributed by atoms with E-state index in [1.807, 2.05) is 12.1 Å². The molecular formula is C27H28N4. The summed E-state index contributed by atoms with van der Waals surface area (Å²) in [6.45, 7) is 6.36. The lowest BCUT2D eigenvalue weighted by Crippen LogP contribution is -2.36. The number of fused-ring (bicyclic) bond motifs is 3. The molecule has 5 rings (SSSR count). The zero-order chi connectivity index (χ0) is 21.4. The van der Waals surface area contributed by atoms with Crippen LogP contribution in [-0.2, 0) is 12.8 Å². The van der Waals surface area contributed by atoms with Crippen LogP contribution in [-0.4, -0.2) is 22.5 Å². The van der Waals surface area contributed by atoms with E-state index < -0.39 is 0 Å². The van der Waals surface area contributed by atoms with Crippen molar-refractivity contribution < 1.29 is 0 Å². The van der Waals surface area contributed by atoms with Gasteiger partial charge in [0, 0.05) is 13.1 Å². The van der Waals surface area contributed by atoms with Gasteiger partial charge in [0.15, 0.2) is 5.65 Å². The SMILES string of the molecule is CCc1c(C)c(C#N)c2nc3ccccc3n2c1N1CCC(Cc2ccccc2)CC1. The highest BCUT2D eigenvalue weighted by atomic mass is 15.2. The Labute approximate surface area is 183 Å². The molecule has 0 aliphatic carbocycles. The highest BCUT2D eigenvalue weighted by Gasteiger charge is 2.27. The Kier molecular flexibility index (Phi) is 5.11. The van der Waals surface area contributed by atoms with Crippen molar-refractivity contribution in [2.75, 3.05) is 18.0 Å². The third-order valence-corrected chi connectivity index (χ3v) is 6.84. The Balaban J connectivity index is 1.56. The van der Waals surface area contributed by atoms with Crippen molar-refractivity contribution in [1.82, 2.24) is 9.38 Å². The molecule has 0 radical (unpaired) electrons. The second-order valence-corrected chi connectivity index (χ2v) is 8.65. The fourth-order valence-electron chi connectivity index (χ4n) is 5.22. The summed E-state index contributed by atoms with van der Waals surface area (Å²) in [5, 5.41) is 9.92. The highest BCUT2D eigenvalue weighted by molar-refractivity contribution is 5.86. The van der Waals surface area contributed by atoms with Crippen molar-refractivity contribution in [3.63, 3.8) is 0 Å². The van der Waals surface area contributed by atoms with Gasteiger partial charge in [0.1, 0.15) is 11.9 Å². The van der Waals surface area contributed by atoms with Crippen molar-refractivity contribution in [2.24, 2.45) is 5.92 Å². The summed E-state index contributed by atoms with van der Waals surface area (Å²) in [4.78, 5) is 7.40. The summed E-state index contributed by atoms with van der Waals surface area (Å²) >= 11 is 0. The predicted octanol–water partition coefficient (Wildman–Crippen LogP) is 5.69. The standard InChI is InChI=1S/C27H28N4/c1-3-22-19(2)23(18-28)26-29-24-11-7-8-12-25(24)31(26)27(22)30-15-13-21(14-16-30)17-20-9-5-4-6-10-20/h4-12,21H,3,13-17H2,1-2H3. The molecule has 4 aromatic rings. The average molecular weight is 409 g/mol. The lowest BCUT2D eigenvalue weighted by atomic mass is 9.89. The van der Waals surface area contributed by atoms with E-state index in [9.17, 15) is 5.26 Å². The number of piperidine rings is 1. The molecular weight excluding hydrogens is 380 g/mol. The van der Waals surface area contributed by atoms with E-state index in [2.05, 4.69) is 71.7 Å². The first-order valence-electron chi connectivity index (χ1n) is 11.3. The lowest BCUT2D eigenvalue weighted by molar-refractivity contribution is 0.401. The maximum absolute atomic E-state index is 9.92. The Morgan fingerprint density at radius 2 is 1.74 bits per heavy atom. The van der Waals surface area contributed by atoms with Crippen molar-refractivity contribution in [3.8, 4) is 6.07 Å². The summed E-state index contributed by atoms with van der Waals surface area (Å²) in [5.41, 5.74) is 7.32. The third-order valence-electron chi connectivity index (χ3n) is 6.84. The molecule has 2 aromatic heterocycles. The van der Waals surface area contributed by atoms with Gasteiger partial charge >= 0.3 is 0 Å². The van der Waals surface area contributed by atoms with Gasteiger partial charge in [0.25, 0.3) is 0 Å². The first kappa shape index (κ1) is 19.6. The monoisotopic (exact) mass is 408 g/mol. The van der Waals surface area contributed by atoms with Crippen LogP contribution < -0.4 is 4.90 Å². The Morgan fingerprint density at radius 1 is 1.03 bits per heavy atom. The summed E-state index contributed by atoms with van der Waals surface area (Å²) < 4.78 is 2.25. The van der Waals surface area contributed by atoms with Crippen LogP contribution in [0, 0.1) is 24.2 Å². The molecule has 0 N–H and O–H groups in total. The topological polar surface area (TPSA) is 44.3 Å². The van der Waals surface area contributed by atoms with Gasteiger partial charge in [-0.05, 0) is 67.3 Å². The number of pyridine rings is 1. The molecule has 156 valence electrons.